The van der Waals surface area contributed by atoms with Crippen molar-refractivity contribution >= 4 is 11.5 Å². The van der Waals surface area contributed by atoms with E-state index in [0.29, 0.717) is 35.4 Å². The van der Waals surface area contributed by atoms with Gasteiger partial charge in [-0.2, -0.15) is 19.0 Å². The minimum atomic E-state index is -0.552. The van der Waals surface area contributed by atoms with E-state index >= 15 is 0 Å². The lowest BCUT2D eigenvalue weighted by molar-refractivity contribution is 0.357. The van der Waals surface area contributed by atoms with Gasteiger partial charge in [0.2, 0.25) is 5.95 Å². The third kappa shape index (κ3) is 3.13. The van der Waals surface area contributed by atoms with E-state index in [1.54, 1.807) is 10.7 Å². The molecule has 2 bridgehead atoms. The first kappa shape index (κ1) is 19.2. The van der Waals surface area contributed by atoms with Crippen LogP contribution >= 0.6 is 0 Å². The van der Waals surface area contributed by atoms with Crippen molar-refractivity contribution in [1.82, 2.24) is 34.9 Å². The molecule has 2 aliphatic heterocycles. The minimum absolute atomic E-state index is 0.401. The molecule has 4 N–H and O–H groups in total. The number of nitrogens with zero attached hydrogens (tertiary/aromatic N) is 5. The summed E-state index contributed by atoms with van der Waals surface area (Å²) in [5.41, 5.74) is 12.3. The number of piperidine rings is 1. The third-order valence-electron chi connectivity index (χ3n) is 7.46. The molecule has 7 rings (SSSR count). The first-order valence-electron chi connectivity index (χ1n) is 11.7. The lowest BCUT2D eigenvalue weighted by Crippen LogP contribution is -2.37. The van der Waals surface area contributed by atoms with Crippen molar-refractivity contribution in [1.29, 1.82) is 0 Å². The predicted molar refractivity (Wildman–Crippen MR) is 122 cm³/mol. The molecular weight excluding hydrogens is 419 g/mol. The molecule has 2 saturated heterocycles. The fourth-order valence-corrected chi connectivity index (χ4v) is 5.75. The van der Waals surface area contributed by atoms with Crippen molar-refractivity contribution < 1.29 is 4.39 Å². The standard InChI is InChI=1S/C24H25FN8/c25-19-11-28-23(31-19)18-6-3-13(9-27-18)17-10-29-33-22(26)20(12-1-2-12)21(32-24(17)33)14-7-15-4-5-16(8-14)30-15/h3,6,9-12,14-16,30H,1-2,4-5,7-8,26H2,(H,28,31)/t14-,15-,16+. The maximum absolute atomic E-state index is 13.3. The van der Waals surface area contributed by atoms with Gasteiger partial charge in [-0.15, -0.1) is 0 Å². The molecule has 4 aromatic heterocycles. The Hall–Kier alpha value is -3.33. The quantitative estimate of drug-likeness (QED) is 0.442. The topological polar surface area (TPSA) is 110 Å². The lowest BCUT2D eigenvalue weighted by Gasteiger charge is -2.30. The first-order chi connectivity index (χ1) is 16.1. The smallest absolute Gasteiger partial charge is 0.231 e. The molecule has 4 aromatic rings. The molecule has 3 fully saturated rings. The summed E-state index contributed by atoms with van der Waals surface area (Å²) in [4.78, 5) is 16.3. The maximum atomic E-state index is 13.3. The average Bonchev–Trinajstić information content (AvgIpc) is 3.26. The molecule has 3 atom stereocenters. The van der Waals surface area contributed by atoms with Gasteiger partial charge in [0.25, 0.3) is 0 Å². The van der Waals surface area contributed by atoms with E-state index in [9.17, 15) is 4.39 Å². The molecule has 0 radical (unpaired) electrons. The van der Waals surface area contributed by atoms with E-state index in [-0.39, 0.29) is 0 Å². The number of aromatic amines is 1. The van der Waals surface area contributed by atoms with Crippen molar-refractivity contribution in [3.63, 3.8) is 0 Å². The summed E-state index contributed by atoms with van der Waals surface area (Å²) in [7, 11) is 0. The molecule has 3 aliphatic rings. The Morgan fingerprint density at radius 2 is 1.82 bits per heavy atom. The van der Waals surface area contributed by atoms with E-state index in [1.165, 1.54) is 43.1 Å². The van der Waals surface area contributed by atoms with Crippen molar-refractivity contribution in [3.8, 4) is 22.6 Å². The van der Waals surface area contributed by atoms with Crippen LogP contribution in [0.15, 0.2) is 30.7 Å². The number of rotatable bonds is 4. The number of nitrogen functional groups attached to an aromatic ring is 1. The normalized spacial score (nSPS) is 24.6. The Morgan fingerprint density at radius 1 is 1.00 bits per heavy atom. The molecule has 8 nitrogen and oxygen atoms in total. The minimum Gasteiger partial charge on any atom is -0.383 e. The van der Waals surface area contributed by atoms with E-state index in [0.717, 1.165) is 35.4 Å². The van der Waals surface area contributed by atoms with Crippen LogP contribution in [0.2, 0.25) is 0 Å². The summed E-state index contributed by atoms with van der Waals surface area (Å²) in [6.07, 6.45) is 11.9. The number of nitrogens with one attached hydrogen (secondary N) is 2. The number of aromatic nitrogens is 6. The Labute approximate surface area is 189 Å². The molecule has 33 heavy (non-hydrogen) atoms. The molecule has 0 aromatic carbocycles. The first-order valence-corrected chi connectivity index (χ1v) is 11.7. The van der Waals surface area contributed by atoms with E-state index in [2.05, 4.69) is 25.4 Å². The summed E-state index contributed by atoms with van der Waals surface area (Å²) < 4.78 is 15.0. The van der Waals surface area contributed by atoms with E-state index < -0.39 is 5.95 Å². The van der Waals surface area contributed by atoms with Crippen LogP contribution in [0.1, 0.15) is 61.6 Å². The molecule has 0 unspecified atom stereocenters. The number of halogens is 1. The third-order valence-corrected chi connectivity index (χ3v) is 7.46. The summed E-state index contributed by atoms with van der Waals surface area (Å²) in [6, 6.07) is 4.95. The van der Waals surface area contributed by atoms with Gasteiger partial charge in [-0.05, 0) is 50.5 Å². The molecule has 168 valence electrons. The summed E-state index contributed by atoms with van der Waals surface area (Å²) >= 11 is 0. The number of anilines is 1. The molecule has 6 heterocycles. The van der Waals surface area contributed by atoms with Gasteiger partial charge in [0, 0.05) is 40.9 Å². The van der Waals surface area contributed by atoms with Gasteiger partial charge >= 0.3 is 0 Å². The summed E-state index contributed by atoms with van der Waals surface area (Å²) in [6.45, 7) is 0. The lowest BCUT2D eigenvalue weighted by atomic mass is 9.86. The van der Waals surface area contributed by atoms with Crippen molar-refractivity contribution in [2.75, 3.05) is 5.73 Å². The van der Waals surface area contributed by atoms with Gasteiger partial charge in [-0.3, -0.25) is 4.98 Å². The highest BCUT2D eigenvalue weighted by Gasteiger charge is 2.39. The number of H-pyrrole nitrogens is 1. The molecule has 0 amide bonds. The molecule has 0 spiro atoms. The van der Waals surface area contributed by atoms with Gasteiger partial charge in [-0.1, -0.05) is 6.07 Å². The number of hydrogen-bond acceptors (Lipinski definition) is 6. The number of hydrogen-bond donors (Lipinski definition) is 3. The SMILES string of the molecule is Nc1c(C2CC2)c([C@@H]2C[C@H]3CC[C@@H](C2)N3)nc2c(-c3ccc(-c4nc(F)c[nH]4)nc3)cnn12. The van der Waals surface area contributed by atoms with Crippen LogP contribution in [-0.2, 0) is 0 Å². The molecule has 1 aliphatic carbocycles. The second-order valence-corrected chi connectivity index (χ2v) is 9.67. The number of pyridine rings is 1. The summed E-state index contributed by atoms with van der Waals surface area (Å²) in [5, 5.41) is 8.34. The van der Waals surface area contributed by atoms with Gasteiger partial charge in [0.1, 0.15) is 11.5 Å². The van der Waals surface area contributed by atoms with Crippen molar-refractivity contribution in [3.05, 3.63) is 47.9 Å². The Morgan fingerprint density at radius 3 is 2.48 bits per heavy atom. The molecule has 1 saturated carbocycles. The van der Waals surface area contributed by atoms with Crippen LogP contribution in [0, 0.1) is 5.95 Å². The second-order valence-electron chi connectivity index (χ2n) is 9.67. The predicted octanol–water partition coefficient (Wildman–Crippen LogP) is 3.78. The highest BCUT2D eigenvalue weighted by Crippen LogP contribution is 2.48. The highest BCUT2D eigenvalue weighted by molar-refractivity contribution is 5.79. The number of nitrogens with two attached hydrogens (primary N) is 1. The van der Waals surface area contributed by atoms with Crippen molar-refractivity contribution in [2.45, 2.75) is 62.4 Å². The zero-order valence-corrected chi connectivity index (χ0v) is 18.1. The van der Waals surface area contributed by atoms with Crippen molar-refractivity contribution in [2.24, 2.45) is 0 Å². The highest BCUT2D eigenvalue weighted by atomic mass is 19.1. The Balaban J connectivity index is 1.32. The Kier molecular flexibility index (Phi) is 4.11. The van der Waals surface area contributed by atoms with Crippen LogP contribution < -0.4 is 11.1 Å². The van der Waals surface area contributed by atoms with Crippen LogP contribution in [0.3, 0.4) is 0 Å². The summed E-state index contributed by atoms with van der Waals surface area (Å²) in [5.74, 6) is 1.52. The zero-order chi connectivity index (χ0) is 22.1. The fourth-order valence-electron chi connectivity index (χ4n) is 5.75. The molecular formula is C24H25FN8. The van der Waals surface area contributed by atoms with E-state index in [1.807, 2.05) is 18.3 Å². The largest absolute Gasteiger partial charge is 0.383 e. The second kappa shape index (κ2) is 7.08. The monoisotopic (exact) mass is 444 g/mol. The average molecular weight is 445 g/mol. The maximum Gasteiger partial charge on any atom is 0.231 e. The van der Waals surface area contributed by atoms with E-state index in [4.69, 9.17) is 10.7 Å². The van der Waals surface area contributed by atoms with Crippen LogP contribution in [0.25, 0.3) is 28.3 Å². The molecule has 9 heteroatoms. The Bertz CT molecular complexity index is 1340. The van der Waals surface area contributed by atoms with Crippen LogP contribution in [-0.4, -0.2) is 41.6 Å². The fraction of sp³-hybridized carbons (Fsp3) is 0.417. The van der Waals surface area contributed by atoms with Crippen LogP contribution in [0.5, 0.6) is 0 Å². The zero-order valence-electron chi connectivity index (χ0n) is 18.1. The van der Waals surface area contributed by atoms with Gasteiger partial charge in [-0.25, -0.2) is 4.98 Å². The van der Waals surface area contributed by atoms with Gasteiger partial charge < -0.3 is 16.0 Å². The van der Waals surface area contributed by atoms with Gasteiger partial charge in [0.05, 0.1) is 18.1 Å². The number of imidazole rings is 1. The van der Waals surface area contributed by atoms with Crippen LogP contribution in [0.4, 0.5) is 10.2 Å². The number of fused-ring (bicyclic) bond motifs is 3. The van der Waals surface area contributed by atoms with Gasteiger partial charge in [0.15, 0.2) is 11.5 Å².